The van der Waals surface area contributed by atoms with Gasteiger partial charge in [-0.2, -0.15) is 0 Å². The molecule has 8 heteroatoms. The zero-order valence-electron chi connectivity index (χ0n) is 10.7. The maximum atomic E-state index is 12.4. The molecule has 3 heterocycles. The Bertz CT molecular complexity index is 724. The molecule has 1 fully saturated rings. The Kier molecular flexibility index (Phi) is 2.84. The second kappa shape index (κ2) is 4.43. The molecule has 1 amide bonds. The second-order valence-electron chi connectivity index (χ2n) is 4.79. The number of carbonyl (C=O) groups is 1. The fourth-order valence-electron chi connectivity index (χ4n) is 2.40. The summed E-state index contributed by atoms with van der Waals surface area (Å²) in [7, 11) is 0. The van der Waals surface area contributed by atoms with Crippen LogP contribution in [0, 0.1) is 6.92 Å². The van der Waals surface area contributed by atoms with Crippen LogP contribution in [-0.4, -0.2) is 56.3 Å². The number of aliphatic hydroxyl groups is 2. The lowest BCUT2D eigenvalue weighted by atomic mass is 10.1. The van der Waals surface area contributed by atoms with Gasteiger partial charge in [0.25, 0.3) is 11.5 Å². The van der Waals surface area contributed by atoms with Crippen molar-refractivity contribution in [1.82, 2.24) is 14.9 Å². The first-order valence-corrected chi connectivity index (χ1v) is 6.11. The molecule has 1 aliphatic rings. The Balaban J connectivity index is 2.09. The van der Waals surface area contributed by atoms with E-state index >= 15 is 0 Å². The van der Waals surface area contributed by atoms with Crippen LogP contribution in [0.2, 0.25) is 0 Å². The molecule has 0 saturated carbocycles. The minimum atomic E-state index is -0.978. The first-order chi connectivity index (χ1) is 9.49. The van der Waals surface area contributed by atoms with Gasteiger partial charge in [-0.05, 0) is 6.92 Å². The molecule has 0 aliphatic carbocycles. The summed E-state index contributed by atoms with van der Waals surface area (Å²) in [6, 6.07) is 0. The van der Waals surface area contributed by atoms with Crippen LogP contribution in [0.3, 0.4) is 0 Å². The number of rotatable bonds is 1. The number of fused-ring (bicyclic) bond motifs is 1. The van der Waals surface area contributed by atoms with E-state index < -0.39 is 23.7 Å². The van der Waals surface area contributed by atoms with E-state index in [0.29, 0.717) is 0 Å². The Morgan fingerprint density at radius 2 is 2.10 bits per heavy atom. The molecule has 20 heavy (non-hydrogen) atoms. The van der Waals surface area contributed by atoms with E-state index in [0.717, 1.165) is 0 Å². The predicted molar refractivity (Wildman–Crippen MR) is 67.3 cm³/mol. The SMILES string of the molecule is Cc1oc2nc[nH]c(=O)c2c1C(=O)N1CC(O)C(O)C1. The number of nitrogens with zero attached hydrogens (tertiary/aromatic N) is 2. The highest BCUT2D eigenvalue weighted by Crippen LogP contribution is 2.24. The molecule has 0 spiro atoms. The lowest BCUT2D eigenvalue weighted by Gasteiger charge is -2.14. The van der Waals surface area contributed by atoms with Crippen molar-refractivity contribution < 1.29 is 19.4 Å². The summed E-state index contributed by atoms with van der Waals surface area (Å²) in [4.78, 5) is 31.8. The van der Waals surface area contributed by atoms with E-state index in [9.17, 15) is 19.8 Å². The zero-order valence-corrected chi connectivity index (χ0v) is 10.7. The number of nitrogens with one attached hydrogen (secondary N) is 1. The number of likely N-dealkylation sites (tertiary alicyclic amines) is 1. The number of furan rings is 1. The topological polar surface area (TPSA) is 120 Å². The standard InChI is InChI=1S/C12H13N3O5/c1-5-8(9-10(18)13-4-14-11(9)20-5)12(19)15-2-6(16)7(17)3-15/h4,6-7,16-17H,2-3H2,1H3,(H,13,14,18). The molecular weight excluding hydrogens is 266 g/mol. The summed E-state index contributed by atoms with van der Waals surface area (Å²) in [5.41, 5.74) is -0.249. The molecule has 1 saturated heterocycles. The van der Waals surface area contributed by atoms with Crippen molar-refractivity contribution >= 4 is 17.0 Å². The number of aromatic amines is 1. The van der Waals surface area contributed by atoms with Gasteiger partial charge in [0.05, 0.1) is 24.1 Å². The number of aromatic nitrogens is 2. The fourth-order valence-corrected chi connectivity index (χ4v) is 2.40. The van der Waals surface area contributed by atoms with E-state index in [4.69, 9.17) is 4.42 Å². The lowest BCUT2D eigenvalue weighted by molar-refractivity contribution is 0.0572. The van der Waals surface area contributed by atoms with Crippen molar-refractivity contribution in [2.45, 2.75) is 19.1 Å². The predicted octanol–water partition coefficient (Wildman–Crippen LogP) is -0.998. The summed E-state index contributed by atoms with van der Waals surface area (Å²) in [5, 5.41) is 19.1. The normalized spacial score (nSPS) is 22.6. The average molecular weight is 279 g/mol. The monoisotopic (exact) mass is 279 g/mol. The third kappa shape index (κ3) is 1.81. The van der Waals surface area contributed by atoms with E-state index in [2.05, 4.69) is 9.97 Å². The van der Waals surface area contributed by atoms with Gasteiger partial charge in [0.2, 0.25) is 5.71 Å². The third-order valence-electron chi connectivity index (χ3n) is 3.43. The molecule has 0 aromatic carbocycles. The molecule has 2 unspecified atom stereocenters. The van der Waals surface area contributed by atoms with Gasteiger partial charge in [0.1, 0.15) is 11.1 Å². The van der Waals surface area contributed by atoms with Crippen molar-refractivity contribution in [2.24, 2.45) is 0 Å². The van der Waals surface area contributed by atoms with Crippen LogP contribution in [0.25, 0.3) is 11.1 Å². The van der Waals surface area contributed by atoms with Gasteiger partial charge in [-0.25, -0.2) is 4.98 Å². The number of hydrogen-bond donors (Lipinski definition) is 3. The number of aryl methyl sites for hydroxylation is 1. The highest BCUT2D eigenvalue weighted by molar-refractivity contribution is 6.06. The number of amides is 1. The highest BCUT2D eigenvalue weighted by Gasteiger charge is 2.35. The Morgan fingerprint density at radius 1 is 1.45 bits per heavy atom. The van der Waals surface area contributed by atoms with Crippen LogP contribution in [-0.2, 0) is 0 Å². The van der Waals surface area contributed by atoms with Crippen LogP contribution in [0.1, 0.15) is 16.1 Å². The van der Waals surface area contributed by atoms with Crippen LogP contribution in [0.4, 0.5) is 0 Å². The number of carbonyl (C=O) groups excluding carboxylic acids is 1. The summed E-state index contributed by atoms with van der Waals surface area (Å²) in [6.45, 7) is 1.60. The highest BCUT2D eigenvalue weighted by atomic mass is 16.3. The van der Waals surface area contributed by atoms with E-state index in [1.807, 2.05) is 0 Å². The largest absolute Gasteiger partial charge is 0.442 e. The van der Waals surface area contributed by atoms with Gasteiger partial charge in [0, 0.05) is 13.1 Å². The van der Waals surface area contributed by atoms with Gasteiger partial charge < -0.3 is 24.5 Å². The Hall–Kier alpha value is -2.19. The van der Waals surface area contributed by atoms with Crippen molar-refractivity contribution in [3.63, 3.8) is 0 Å². The summed E-state index contributed by atoms with van der Waals surface area (Å²) in [5.74, 6) is -0.180. The summed E-state index contributed by atoms with van der Waals surface area (Å²) in [6.07, 6.45) is -0.756. The van der Waals surface area contributed by atoms with Crippen molar-refractivity contribution in [2.75, 3.05) is 13.1 Å². The molecule has 8 nitrogen and oxygen atoms in total. The minimum absolute atomic E-state index is 0.0181. The Labute approximate surface area is 112 Å². The van der Waals surface area contributed by atoms with Crippen molar-refractivity contribution in [3.05, 3.63) is 28.0 Å². The smallest absolute Gasteiger partial charge is 0.262 e. The van der Waals surface area contributed by atoms with Crippen molar-refractivity contribution in [3.8, 4) is 0 Å². The molecule has 3 rings (SSSR count). The molecule has 2 aromatic rings. The first-order valence-electron chi connectivity index (χ1n) is 6.11. The minimum Gasteiger partial charge on any atom is -0.442 e. The van der Waals surface area contributed by atoms with Crippen LogP contribution in [0.5, 0.6) is 0 Å². The van der Waals surface area contributed by atoms with E-state index in [1.54, 1.807) is 6.92 Å². The maximum Gasteiger partial charge on any atom is 0.262 e. The molecule has 2 atom stereocenters. The molecule has 0 radical (unpaired) electrons. The molecule has 1 aliphatic heterocycles. The van der Waals surface area contributed by atoms with Gasteiger partial charge in [-0.1, -0.05) is 0 Å². The fraction of sp³-hybridized carbons (Fsp3) is 0.417. The molecular formula is C12H13N3O5. The zero-order chi connectivity index (χ0) is 14.4. The third-order valence-corrected chi connectivity index (χ3v) is 3.43. The van der Waals surface area contributed by atoms with Gasteiger partial charge in [-0.15, -0.1) is 0 Å². The van der Waals surface area contributed by atoms with Crippen LogP contribution in [0.15, 0.2) is 15.5 Å². The average Bonchev–Trinajstić information content (AvgIpc) is 2.90. The van der Waals surface area contributed by atoms with Crippen LogP contribution < -0.4 is 5.56 Å². The molecule has 3 N–H and O–H groups in total. The van der Waals surface area contributed by atoms with Gasteiger partial charge in [-0.3, -0.25) is 9.59 Å². The quantitative estimate of drug-likeness (QED) is 0.616. The molecule has 2 aromatic heterocycles. The lowest BCUT2D eigenvalue weighted by Crippen LogP contribution is -2.30. The molecule has 0 bridgehead atoms. The van der Waals surface area contributed by atoms with E-state index in [1.165, 1.54) is 11.2 Å². The van der Waals surface area contributed by atoms with E-state index in [-0.39, 0.29) is 35.5 Å². The first kappa shape index (κ1) is 12.8. The summed E-state index contributed by atoms with van der Waals surface area (Å²) >= 11 is 0. The van der Waals surface area contributed by atoms with Gasteiger partial charge >= 0.3 is 0 Å². The number of hydrogen-bond acceptors (Lipinski definition) is 6. The number of aliphatic hydroxyl groups excluding tert-OH is 2. The maximum absolute atomic E-state index is 12.4. The summed E-state index contributed by atoms with van der Waals surface area (Å²) < 4.78 is 5.31. The van der Waals surface area contributed by atoms with Crippen molar-refractivity contribution in [1.29, 1.82) is 0 Å². The molecule has 106 valence electrons. The van der Waals surface area contributed by atoms with Gasteiger partial charge in [0.15, 0.2) is 0 Å². The number of β-amino-alcohol motifs (C(OH)–C–C–N with tert-alkyl or cyclic N) is 2. The second-order valence-corrected chi connectivity index (χ2v) is 4.79. The number of H-pyrrole nitrogens is 1. The Morgan fingerprint density at radius 3 is 2.75 bits per heavy atom. The van der Waals surface area contributed by atoms with Crippen LogP contribution >= 0.6 is 0 Å².